The average Bonchev–Trinajstić information content (AvgIpc) is 2.58. The summed E-state index contributed by atoms with van der Waals surface area (Å²) in [5, 5.41) is 1.93. The Hall–Kier alpha value is -0.140. The topological polar surface area (TPSA) is 29.5 Å². The van der Waals surface area contributed by atoms with E-state index < -0.39 is 0 Å². The number of morpholine rings is 1. The zero-order valence-electron chi connectivity index (χ0n) is 11.1. The molecule has 0 radical (unpaired) electrons. The van der Waals surface area contributed by atoms with E-state index in [-0.39, 0.29) is 17.1 Å². The van der Waals surface area contributed by atoms with Crippen molar-refractivity contribution in [1.29, 1.82) is 0 Å². The second kappa shape index (κ2) is 4.76. The zero-order valence-corrected chi connectivity index (χ0v) is 14.1. The number of rotatable bonds is 1. The first-order valence-corrected chi connectivity index (χ1v) is 7.88. The fourth-order valence-electron chi connectivity index (χ4n) is 2.54. The number of carbonyl (C=O) groups excluding carboxylic acids is 1. The Morgan fingerprint density at radius 3 is 2.33 bits per heavy atom. The van der Waals surface area contributed by atoms with E-state index >= 15 is 0 Å². The quantitative estimate of drug-likeness (QED) is 0.701. The van der Waals surface area contributed by atoms with Gasteiger partial charge in [-0.25, -0.2) is 0 Å². The summed E-state index contributed by atoms with van der Waals surface area (Å²) in [6.07, 6.45) is 0. The molecule has 1 amide bonds. The lowest BCUT2D eigenvalue weighted by molar-refractivity contribution is -0.171. The highest BCUT2D eigenvalue weighted by atomic mass is 127. The Kier molecular flexibility index (Phi) is 3.77. The van der Waals surface area contributed by atoms with Crippen LogP contribution in [0, 0.1) is 2.88 Å². The van der Waals surface area contributed by atoms with Crippen molar-refractivity contribution in [2.75, 3.05) is 13.1 Å². The Labute approximate surface area is 126 Å². The van der Waals surface area contributed by atoms with Crippen molar-refractivity contribution in [3.63, 3.8) is 0 Å². The summed E-state index contributed by atoms with van der Waals surface area (Å²) >= 11 is 3.85. The highest BCUT2D eigenvalue weighted by molar-refractivity contribution is 14.1. The molecule has 0 atom stereocenters. The number of nitrogens with zero attached hydrogens (tertiary/aromatic N) is 1. The summed E-state index contributed by atoms with van der Waals surface area (Å²) in [4.78, 5) is 14.4. The van der Waals surface area contributed by atoms with Crippen LogP contribution in [0.25, 0.3) is 0 Å². The van der Waals surface area contributed by atoms with E-state index in [0.29, 0.717) is 13.1 Å². The van der Waals surface area contributed by atoms with Crippen LogP contribution in [-0.2, 0) is 4.74 Å². The molecule has 1 aliphatic rings. The van der Waals surface area contributed by atoms with Crippen molar-refractivity contribution >= 4 is 39.8 Å². The van der Waals surface area contributed by atoms with Gasteiger partial charge >= 0.3 is 0 Å². The van der Waals surface area contributed by atoms with Gasteiger partial charge in [0.1, 0.15) is 0 Å². The third-order valence-corrected chi connectivity index (χ3v) is 4.59. The second-order valence-corrected chi connectivity index (χ2v) is 8.73. The maximum Gasteiger partial charge on any atom is 0.254 e. The molecule has 0 unspecified atom stereocenters. The third-order valence-electron chi connectivity index (χ3n) is 2.80. The van der Waals surface area contributed by atoms with E-state index in [0.717, 1.165) is 8.45 Å². The molecule has 0 spiro atoms. The zero-order chi connectivity index (χ0) is 13.6. The SMILES string of the molecule is CC1(C)CN(C(=O)c2csc(I)c2)CC(C)(C)O1. The largest absolute Gasteiger partial charge is 0.366 e. The van der Waals surface area contributed by atoms with Crippen molar-refractivity contribution in [3.05, 3.63) is 19.9 Å². The van der Waals surface area contributed by atoms with Crippen LogP contribution in [0.4, 0.5) is 0 Å². The lowest BCUT2D eigenvalue weighted by atomic mass is 9.98. The number of amides is 1. The molecule has 100 valence electrons. The van der Waals surface area contributed by atoms with Crippen molar-refractivity contribution in [3.8, 4) is 0 Å². The summed E-state index contributed by atoms with van der Waals surface area (Å²) in [6.45, 7) is 9.41. The maximum absolute atomic E-state index is 12.5. The molecular weight excluding hydrogens is 361 g/mol. The summed E-state index contributed by atoms with van der Waals surface area (Å²) < 4.78 is 7.13. The van der Waals surface area contributed by atoms with Crippen LogP contribution in [0.3, 0.4) is 0 Å². The Balaban J connectivity index is 2.20. The van der Waals surface area contributed by atoms with Gasteiger partial charge in [-0.15, -0.1) is 11.3 Å². The highest BCUT2D eigenvalue weighted by Gasteiger charge is 2.40. The first kappa shape index (κ1) is 14.3. The Morgan fingerprint density at radius 1 is 1.33 bits per heavy atom. The van der Waals surface area contributed by atoms with Gasteiger partial charge in [0.05, 0.1) is 19.6 Å². The normalized spacial score (nSPS) is 21.9. The van der Waals surface area contributed by atoms with Gasteiger partial charge in [0.25, 0.3) is 5.91 Å². The van der Waals surface area contributed by atoms with E-state index in [1.165, 1.54) is 0 Å². The maximum atomic E-state index is 12.5. The number of hydrogen-bond donors (Lipinski definition) is 0. The molecule has 1 aromatic rings. The lowest BCUT2D eigenvalue weighted by Gasteiger charge is -2.47. The number of thiophene rings is 1. The van der Waals surface area contributed by atoms with Crippen LogP contribution in [0.15, 0.2) is 11.4 Å². The predicted molar refractivity (Wildman–Crippen MR) is 82.2 cm³/mol. The smallest absolute Gasteiger partial charge is 0.254 e. The van der Waals surface area contributed by atoms with Crippen molar-refractivity contribution in [2.24, 2.45) is 0 Å². The highest BCUT2D eigenvalue weighted by Crippen LogP contribution is 2.29. The van der Waals surface area contributed by atoms with Gasteiger partial charge in [-0.05, 0) is 56.4 Å². The molecule has 1 saturated heterocycles. The Morgan fingerprint density at radius 2 is 1.89 bits per heavy atom. The van der Waals surface area contributed by atoms with Crippen molar-refractivity contribution in [2.45, 2.75) is 38.9 Å². The van der Waals surface area contributed by atoms with Crippen LogP contribution in [-0.4, -0.2) is 35.1 Å². The first-order valence-electron chi connectivity index (χ1n) is 5.92. The molecular formula is C13H18INO2S. The number of halogens is 1. The molecule has 0 aromatic carbocycles. The van der Waals surface area contributed by atoms with E-state index in [4.69, 9.17) is 4.74 Å². The van der Waals surface area contributed by atoms with Crippen LogP contribution in [0.1, 0.15) is 38.1 Å². The minimum Gasteiger partial charge on any atom is -0.366 e. The first-order chi connectivity index (χ1) is 8.19. The molecule has 5 heteroatoms. The van der Waals surface area contributed by atoms with Gasteiger partial charge in [-0.2, -0.15) is 0 Å². The van der Waals surface area contributed by atoms with Crippen LogP contribution in [0.2, 0.25) is 0 Å². The van der Waals surface area contributed by atoms with Crippen LogP contribution < -0.4 is 0 Å². The van der Waals surface area contributed by atoms with Gasteiger partial charge in [-0.1, -0.05) is 0 Å². The lowest BCUT2D eigenvalue weighted by Crippen LogP contribution is -2.58. The van der Waals surface area contributed by atoms with E-state index in [1.54, 1.807) is 11.3 Å². The number of hydrogen-bond acceptors (Lipinski definition) is 3. The van der Waals surface area contributed by atoms with Crippen LogP contribution in [0.5, 0.6) is 0 Å². The standard InChI is InChI=1S/C13H18INO2S/c1-12(2)7-15(8-13(3,4)17-12)11(16)9-5-10(14)18-6-9/h5-6H,7-8H2,1-4H3. The van der Waals surface area contributed by atoms with E-state index in [2.05, 4.69) is 22.6 Å². The molecule has 2 heterocycles. The molecule has 0 saturated carbocycles. The minimum absolute atomic E-state index is 0.110. The fourth-order valence-corrected chi connectivity index (χ4v) is 3.86. The Bertz CT molecular complexity index is 451. The second-order valence-electron chi connectivity index (χ2n) is 5.92. The van der Waals surface area contributed by atoms with Gasteiger partial charge < -0.3 is 9.64 Å². The summed E-state index contributed by atoms with van der Waals surface area (Å²) in [7, 11) is 0. The fraction of sp³-hybridized carbons (Fsp3) is 0.615. The molecule has 2 rings (SSSR count). The molecule has 0 bridgehead atoms. The van der Waals surface area contributed by atoms with Gasteiger partial charge in [0, 0.05) is 18.5 Å². The molecule has 0 aliphatic carbocycles. The summed E-state index contributed by atoms with van der Waals surface area (Å²) in [6, 6.07) is 1.95. The summed E-state index contributed by atoms with van der Waals surface area (Å²) in [5.74, 6) is 0.110. The van der Waals surface area contributed by atoms with Crippen molar-refractivity contribution < 1.29 is 9.53 Å². The van der Waals surface area contributed by atoms with Gasteiger partial charge in [0.15, 0.2) is 0 Å². The molecule has 0 N–H and O–H groups in total. The minimum atomic E-state index is -0.291. The molecule has 1 aliphatic heterocycles. The number of ether oxygens (including phenoxy) is 1. The molecule has 1 aromatic heterocycles. The molecule has 1 fully saturated rings. The molecule has 3 nitrogen and oxygen atoms in total. The van der Waals surface area contributed by atoms with Gasteiger partial charge in [0.2, 0.25) is 0 Å². The predicted octanol–water partition coefficient (Wildman–Crippen LogP) is 3.38. The van der Waals surface area contributed by atoms with E-state index in [1.807, 2.05) is 44.0 Å². The summed E-state index contributed by atoms with van der Waals surface area (Å²) in [5.41, 5.74) is 0.208. The van der Waals surface area contributed by atoms with Gasteiger partial charge in [-0.3, -0.25) is 4.79 Å². The van der Waals surface area contributed by atoms with Crippen molar-refractivity contribution in [1.82, 2.24) is 4.90 Å². The van der Waals surface area contributed by atoms with E-state index in [9.17, 15) is 4.79 Å². The monoisotopic (exact) mass is 379 g/mol. The third kappa shape index (κ3) is 3.24. The average molecular weight is 379 g/mol. The molecule has 18 heavy (non-hydrogen) atoms. The number of carbonyl (C=O) groups is 1. The van der Waals surface area contributed by atoms with Crippen LogP contribution >= 0.6 is 33.9 Å².